The van der Waals surface area contributed by atoms with Gasteiger partial charge in [-0.1, -0.05) is 85.5 Å². The predicted molar refractivity (Wildman–Crippen MR) is 79.7 cm³/mol. The molecule has 1 heteroatoms. The van der Waals surface area contributed by atoms with Crippen LogP contribution in [0.3, 0.4) is 0 Å². The second kappa shape index (κ2) is 4.72. The highest BCUT2D eigenvalue weighted by molar-refractivity contribution is 7.00. The van der Waals surface area contributed by atoms with Gasteiger partial charge in [-0.2, -0.15) is 0 Å². The lowest BCUT2D eigenvalue weighted by molar-refractivity contribution is 1.65. The molecular weight excluding hydrogens is 220 g/mol. The van der Waals surface area contributed by atoms with E-state index < -0.39 is 8.07 Å². The lowest BCUT2D eigenvalue weighted by atomic mass is 10.2. The Morgan fingerprint density at radius 2 is 1.47 bits per heavy atom. The van der Waals surface area contributed by atoms with Crippen LogP contribution in [0.15, 0.2) is 61.2 Å². The molecule has 0 unspecified atom stereocenters. The zero-order valence-electron chi connectivity index (χ0n) is 10.5. The van der Waals surface area contributed by atoms with Crippen LogP contribution in [0, 0.1) is 0 Å². The highest BCUT2D eigenvalue weighted by Gasteiger charge is 2.27. The first-order valence-corrected chi connectivity index (χ1v) is 8.93. The number of benzene rings is 2. The standard InChI is InChI=1S/C16H18Si/c1-4-14-10-8-9-13-16(14)17(2,3)15-11-6-5-7-12-15/h4-13H,1H2,2-3H3. The maximum absolute atomic E-state index is 3.92. The Morgan fingerprint density at radius 3 is 2.12 bits per heavy atom. The summed E-state index contributed by atoms with van der Waals surface area (Å²) in [6, 6.07) is 19.4. The van der Waals surface area contributed by atoms with Crippen LogP contribution in [0.2, 0.25) is 13.1 Å². The quantitative estimate of drug-likeness (QED) is 0.721. The van der Waals surface area contributed by atoms with E-state index in [1.807, 2.05) is 6.08 Å². The Kier molecular flexibility index (Phi) is 3.30. The first kappa shape index (κ1) is 11.9. The summed E-state index contributed by atoms with van der Waals surface area (Å²) in [6.07, 6.45) is 1.97. The van der Waals surface area contributed by atoms with Crippen LogP contribution in [-0.4, -0.2) is 8.07 Å². The van der Waals surface area contributed by atoms with Crippen LogP contribution in [-0.2, 0) is 0 Å². The summed E-state index contributed by atoms with van der Waals surface area (Å²) in [7, 11) is -1.59. The summed E-state index contributed by atoms with van der Waals surface area (Å²) >= 11 is 0. The van der Waals surface area contributed by atoms with Crippen LogP contribution in [0.1, 0.15) is 5.56 Å². The first-order chi connectivity index (χ1) is 8.16. The SMILES string of the molecule is C=Cc1ccccc1[Si](C)(C)c1ccccc1. The van der Waals surface area contributed by atoms with Gasteiger partial charge >= 0.3 is 0 Å². The molecule has 0 nitrogen and oxygen atoms in total. The van der Waals surface area contributed by atoms with Crippen molar-refractivity contribution >= 4 is 24.5 Å². The number of rotatable bonds is 3. The van der Waals surface area contributed by atoms with E-state index in [0.29, 0.717) is 0 Å². The smallest absolute Gasteiger partial charge is 0.0985 e. The first-order valence-electron chi connectivity index (χ1n) is 5.93. The van der Waals surface area contributed by atoms with Crippen molar-refractivity contribution in [3.63, 3.8) is 0 Å². The van der Waals surface area contributed by atoms with Crippen molar-refractivity contribution in [3.05, 3.63) is 66.7 Å². The summed E-state index contributed by atoms with van der Waals surface area (Å²) < 4.78 is 0. The molecule has 2 rings (SSSR count). The Balaban J connectivity index is 2.55. The van der Waals surface area contributed by atoms with Gasteiger partial charge in [-0.25, -0.2) is 0 Å². The third-order valence-electron chi connectivity index (χ3n) is 3.35. The van der Waals surface area contributed by atoms with E-state index in [0.717, 1.165) is 0 Å². The zero-order valence-corrected chi connectivity index (χ0v) is 11.5. The second-order valence-corrected chi connectivity index (χ2v) is 9.15. The summed E-state index contributed by atoms with van der Waals surface area (Å²) in [5.41, 5.74) is 1.27. The van der Waals surface area contributed by atoms with Gasteiger partial charge in [-0.3, -0.25) is 0 Å². The van der Waals surface area contributed by atoms with Crippen molar-refractivity contribution in [2.45, 2.75) is 13.1 Å². The summed E-state index contributed by atoms with van der Waals surface area (Å²) in [4.78, 5) is 0. The molecule has 2 aromatic rings. The van der Waals surface area contributed by atoms with Crippen molar-refractivity contribution in [2.75, 3.05) is 0 Å². The number of hydrogen-bond acceptors (Lipinski definition) is 0. The Labute approximate surface area is 105 Å². The molecule has 0 amide bonds. The van der Waals surface area contributed by atoms with E-state index in [-0.39, 0.29) is 0 Å². The molecule has 86 valence electrons. The van der Waals surface area contributed by atoms with E-state index >= 15 is 0 Å². The molecule has 0 saturated carbocycles. The van der Waals surface area contributed by atoms with Crippen LogP contribution < -0.4 is 10.4 Å². The lowest BCUT2D eigenvalue weighted by Crippen LogP contribution is -2.53. The van der Waals surface area contributed by atoms with Gasteiger partial charge < -0.3 is 0 Å². The molecule has 0 aliphatic heterocycles. The number of hydrogen-bond donors (Lipinski definition) is 0. The van der Waals surface area contributed by atoms with E-state index in [1.54, 1.807) is 0 Å². The fourth-order valence-electron chi connectivity index (χ4n) is 2.25. The van der Waals surface area contributed by atoms with Crippen molar-refractivity contribution in [1.82, 2.24) is 0 Å². The third-order valence-corrected chi connectivity index (χ3v) is 6.93. The molecule has 0 fully saturated rings. The fraction of sp³-hybridized carbons (Fsp3) is 0.125. The Morgan fingerprint density at radius 1 is 0.882 bits per heavy atom. The maximum Gasteiger partial charge on any atom is 0.112 e. The predicted octanol–water partition coefficient (Wildman–Crippen LogP) is 3.15. The molecule has 0 heterocycles. The van der Waals surface area contributed by atoms with Gasteiger partial charge in [-0.15, -0.1) is 0 Å². The van der Waals surface area contributed by atoms with Crippen LogP contribution in [0.5, 0.6) is 0 Å². The fourth-order valence-corrected chi connectivity index (χ4v) is 5.01. The van der Waals surface area contributed by atoms with Crippen LogP contribution in [0.25, 0.3) is 6.08 Å². The van der Waals surface area contributed by atoms with Gasteiger partial charge in [-0.05, 0) is 10.8 Å². The molecular formula is C16H18Si. The van der Waals surface area contributed by atoms with E-state index in [1.165, 1.54) is 15.9 Å². The van der Waals surface area contributed by atoms with Crippen LogP contribution in [0.4, 0.5) is 0 Å². The molecule has 0 N–H and O–H groups in total. The minimum atomic E-state index is -1.59. The maximum atomic E-state index is 3.92. The highest BCUT2D eigenvalue weighted by atomic mass is 28.3. The van der Waals surface area contributed by atoms with Crippen molar-refractivity contribution in [3.8, 4) is 0 Å². The lowest BCUT2D eigenvalue weighted by Gasteiger charge is -2.25. The minimum absolute atomic E-state index is 1.27. The molecule has 0 aliphatic rings. The van der Waals surface area contributed by atoms with Crippen molar-refractivity contribution in [2.24, 2.45) is 0 Å². The van der Waals surface area contributed by atoms with Crippen molar-refractivity contribution in [1.29, 1.82) is 0 Å². The van der Waals surface area contributed by atoms with Gasteiger partial charge in [0.15, 0.2) is 0 Å². The van der Waals surface area contributed by atoms with Gasteiger partial charge in [0.25, 0.3) is 0 Å². The summed E-state index contributed by atoms with van der Waals surface area (Å²) in [6.45, 7) is 8.71. The molecule has 17 heavy (non-hydrogen) atoms. The Hall–Kier alpha value is -1.60. The van der Waals surface area contributed by atoms with Gasteiger partial charge in [0.2, 0.25) is 0 Å². The van der Waals surface area contributed by atoms with Crippen molar-refractivity contribution < 1.29 is 0 Å². The topological polar surface area (TPSA) is 0 Å². The molecule has 0 radical (unpaired) electrons. The largest absolute Gasteiger partial charge is 0.112 e. The molecule has 0 atom stereocenters. The molecule has 0 spiro atoms. The Bertz CT molecular complexity index is 512. The zero-order chi connectivity index (χ0) is 12.3. The molecule has 2 aromatic carbocycles. The molecule has 0 aromatic heterocycles. The van der Waals surface area contributed by atoms with Gasteiger partial charge in [0.1, 0.15) is 8.07 Å². The molecule has 0 saturated heterocycles. The molecule has 0 aliphatic carbocycles. The third kappa shape index (κ3) is 2.24. The monoisotopic (exact) mass is 238 g/mol. The summed E-state index contributed by atoms with van der Waals surface area (Å²) in [5, 5.41) is 2.93. The normalized spacial score (nSPS) is 11.2. The summed E-state index contributed by atoms with van der Waals surface area (Å²) in [5.74, 6) is 0. The van der Waals surface area contributed by atoms with E-state index in [2.05, 4.69) is 74.3 Å². The average Bonchev–Trinajstić information content (AvgIpc) is 2.39. The van der Waals surface area contributed by atoms with Gasteiger partial charge in [0.05, 0.1) is 0 Å². The average molecular weight is 238 g/mol. The highest BCUT2D eigenvalue weighted by Crippen LogP contribution is 2.09. The van der Waals surface area contributed by atoms with Crippen LogP contribution >= 0.6 is 0 Å². The molecule has 0 bridgehead atoms. The minimum Gasteiger partial charge on any atom is -0.0985 e. The van der Waals surface area contributed by atoms with E-state index in [9.17, 15) is 0 Å². The second-order valence-electron chi connectivity index (χ2n) is 4.78. The van der Waals surface area contributed by atoms with Gasteiger partial charge in [0, 0.05) is 0 Å². The van der Waals surface area contributed by atoms with E-state index in [4.69, 9.17) is 0 Å².